The molecule has 3 N–H and O–H groups in total. The first-order valence-electron chi connectivity index (χ1n) is 5.61. The van der Waals surface area contributed by atoms with Crippen molar-refractivity contribution in [2.24, 2.45) is 5.84 Å². The summed E-state index contributed by atoms with van der Waals surface area (Å²) in [5.74, 6) is 4.31. The molecule has 2 rings (SSSR count). The zero-order chi connectivity index (χ0) is 13.0. The van der Waals surface area contributed by atoms with Gasteiger partial charge in [-0.2, -0.15) is 0 Å². The molecule has 0 bridgehead atoms. The lowest BCUT2D eigenvalue weighted by Gasteiger charge is -2.15. The van der Waals surface area contributed by atoms with Crippen LogP contribution in [-0.4, -0.2) is 6.04 Å². The van der Waals surface area contributed by atoms with Crippen LogP contribution in [0.3, 0.4) is 0 Å². The fraction of sp³-hybridized carbons (Fsp3) is 0.231. The van der Waals surface area contributed by atoms with Crippen molar-refractivity contribution in [3.63, 3.8) is 0 Å². The first kappa shape index (κ1) is 12.7. The largest absolute Gasteiger partial charge is 0.472 e. The van der Waals surface area contributed by atoms with Crippen molar-refractivity contribution in [1.82, 2.24) is 5.43 Å². The maximum atomic E-state index is 13.5. The summed E-state index contributed by atoms with van der Waals surface area (Å²) in [6, 6.07) is 5.36. The summed E-state index contributed by atoms with van der Waals surface area (Å²) in [5.41, 5.74) is 3.54. The van der Waals surface area contributed by atoms with Crippen LogP contribution in [0.15, 0.2) is 41.2 Å². The third kappa shape index (κ3) is 2.94. The Kier molecular flexibility index (Phi) is 4.07. The van der Waals surface area contributed by atoms with E-state index in [0.717, 1.165) is 5.56 Å². The van der Waals surface area contributed by atoms with Gasteiger partial charge < -0.3 is 4.42 Å². The second-order valence-electron chi connectivity index (χ2n) is 4.10. The van der Waals surface area contributed by atoms with Gasteiger partial charge in [-0.05, 0) is 36.6 Å². The monoisotopic (exact) mass is 252 g/mol. The van der Waals surface area contributed by atoms with Crippen LogP contribution in [0.25, 0.3) is 0 Å². The molecule has 2 aromatic rings. The first-order valence-corrected chi connectivity index (χ1v) is 5.61. The Morgan fingerprint density at radius 2 is 1.89 bits per heavy atom. The molecule has 0 fully saturated rings. The van der Waals surface area contributed by atoms with Gasteiger partial charge >= 0.3 is 0 Å². The van der Waals surface area contributed by atoms with Gasteiger partial charge in [-0.3, -0.25) is 11.3 Å². The maximum Gasteiger partial charge on any atom is 0.129 e. The Morgan fingerprint density at radius 3 is 2.44 bits per heavy atom. The van der Waals surface area contributed by atoms with E-state index in [9.17, 15) is 8.78 Å². The third-order valence-electron chi connectivity index (χ3n) is 2.81. The van der Waals surface area contributed by atoms with Gasteiger partial charge in [0.15, 0.2) is 0 Å². The molecule has 1 atom stereocenters. The van der Waals surface area contributed by atoms with Crippen molar-refractivity contribution >= 4 is 0 Å². The number of hydrogen-bond donors (Lipinski definition) is 2. The van der Waals surface area contributed by atoms with Crippen LogP contribution in [0.2, 0.25) is 0 Å². The molecule has 1 aromatic carbocycles. The van der Waals surface area contributed by atoms with Crippen molar-refractivity contribution in [2.75, 3.05) is 0 Å². The van der Waals surface area contributed by atoms with E-state index in [1.807, 2.05) is 0 Å². The fourth-order valence-electron chi connectivity index (χ4n) is 1.86. The lowest BCUT2D eigenvalue weighted by molar-refractivity contribution is 0.481. The average molecular weight is 252 g/mol. The number of hydrazine groups is 1. The molecule has 96 valence electrons. The minimum Gasteiger partial charge on any atom is -0.472 e. The van der Waals surface area contributed by atoms with Gasteiger partial charge in [0.25, 0.3) is 0 Å². The highest BCUT2D eigenvalue weighted by Gasteiger charge is 2.15. The maximum absolute atomic E-state index is 13.5. The molecule has 0 saturated carbocycles. The molecular formula is C13H14F2N2O. The quantitative estimate of drug-likeness (QED) is 0.633. The third-order valence-corrected chi connectivity index (χ3v) is 2.81. The second kappa shape index (κ2) is 5.75. The summed E-state index contributed by atoms with van der Waals surface area (Å²) in [7, 11) is 0. The van der Waals surface area contributed by atoms with Crippen LogP contribution in [0.5, 0.6) is 0 Å². The molecule has 0 aliphatic rings. The van der Waals surface area contributed by atoms with Crippen LogP contribution < -0.4 is 11.3 Å². The van der Waals surface area contributed by atoms with E-state index < -0.39 is 11.6 Å². The van der Waals surface area contributed by atoms with Crippen molar-refractivity contribution < 1.29 is 13.2 Å². The van der Waals surface area contributed by atoms with Gasteiger partial charge in [0, 0.05) is 11.6 Å². The molecule has 0 spiro atoms. The Labute approximate surface area is 104 Å². The minimum absolute atomic E-state index is 0.0453. The smallest absolute Gasteiger partial charge is 0.129 e. The van der Waals surface area contributed by atoms with Gasteiger partial charge in [0.1, 0.15) is 11.6 Å². The molecule has 0 radical (unpaired) electrons. The molecule has 0 aliphatic carbocycles. The highest BCUT2D eigenvalue weighted by Crippen LogP contribution is 2.16. The summed E-state index contributed by atoms with van der Waals surface area (Å²) >= 11 is 0. The molecule has 1 heterocycles. The number of benzene rings is 1. The summed E-state index contributed by atoms with van der Waals surface area (Å²) in [4.78, 5) is 0. The summed E-state index contributed by atoms with van der Waals surface area (Å²) in [6.07, 6.45) is 3.86. The minimum atomic E-state index is -0.553. The van der Waals surface area contributed by atoms with Crippen LogP contribution in [-0.2, 0) is 12.8 Å². The van der Waals surface area contributed by atoms with E-state index in [4.69, 9.17) is 10.3 Å². The topological polar surface area (TPSA) is 51.2 Å². The Balaban J connectivity index is 2.10. The van der Waals surface area contributed by atoms with E-state index in [1.165, 1.54) is 18.2 Å². The number of furan rings is 1. The Morgan fingerprint density at radius 1 is 1.17 bits per heavy atom. The predicted molar refractivity (Wildman–Crippen MR) is 63.6 cm³/mol. The van der Waals surface area contributed by atoms with E-state index in [0.29, 0.717) is 6.42 Å². The number of nitrogens with two attached hydrogens (primary N) is 1. The van der Waals surface area contributed by atoms with Gasteiger partial charge in [0.05, 0.1) is 12.5 Å². The summed E-state index contributed by atoms with van der Waals surface area (Å²) in [6.45, 7) is 0. The summed E-state index contributed by atoms with van der Waals surface area (Å²) < 4.78 is 31.9. The number of hydrogen-bond acceptors (Lipinski definition) is 3. The van der Waals surface area contributed by atoms with Crippen LogP contribution in [0, 0.1) is 11.6 Å². The highest BCUT2D eigenvalue weighted by molar-refractivity contribution is 5.21. The molecule has 0 aliphatic heterocycles. The number of rotatable bonds is 5. The lowest BCUT2D eigenvalue weighted by Crippen LogP contribution is -2.38. The molecule has 1 unspecified atom stereocenters. The van der Waals surface area contributed by atoms with Crippen molar-refractivity contribution in [3.05, 3.63) is 59.6 Å². The van der Waals surface area contributed by atoms with E-state index >= 15 is 0 Å². The van der Waals surface area contributed by atoms with E-state index in [2.05, 4.69) is 5.43 Å². The van der Waals surface area contributed by atoms with Crippen molar-refractivity contribution in [3.8, 4) is 0 Å². The van der Waals surface area contributed by atoms with Crippen molar-refractivity contribution in [1.29, 1.82) is 0 Å². The van der Waals surface area contributed by atoms with E-state index in [-0.39, 0.29) is 18.0 Å². The molecular weight excluding hydrogens is 238 g/mol. The van der Waals surface area contributed by atoms with Gasteiger partial charge in [-0.15, -0.1) is 0 Å². The van der Waals surface area contributed by atoms with Gasteiger partial charge in [-0.25, -0.2) is 8.78 Å². The lowest BCUT2D eigenvalue weighted by atomic mass is 10.0. The Hall–Kier alpha value is -1.72. The first-order chi connectivity index (χ1) is 8.70. The average Bonchev–Trinajstić information content (AvgIpc) is 2.85. The number of nitrogens with one attached hydrogen (secondary N) is 1. The van der Waals surface area contributed by atoms with Crippen LogP contribution in [0.1, 0.15) is 11.1 Å². The fourth-order valence-corrected chi connectivity index (χ4v) is 1.86. The van der Waals surface area contributed by atoms with Crippen LogP contribution in [0.4, 0.5) is 8.78 Å². The molecule has 0 amide bonds. The number of halogens is 2. The predicted octanol–water partition coefficient (Wildman–Crippen LogP) is 2.17. The van der Waals surface area contributed by atoms with Crippen LogP contribution >= 0.6 is 0 Å². The second-order valence-corrected chi connectivity index (χ2v) is 4.10. The molecule has 5 heteroatoms. The summed E-state index contributed by atoms with van der Waals surface area (Å²) in [5, 5.41) is 0. The van der Waals surface area contributed by atoms with Crippen molar-refractivity contribution in [2.45, 2.75) is 18.9 Å². The highest BCUT2D eigenvalue weighted by atomic mass is 19.1. The SMILES string of the molecule is NNC(Cc1ccoc1)Cc1c(F)cccc1F. The van der Waals surface area contributed by atoms with E-state index in [1.54, 1.807) is 18.6 Å². The van der Waals surface area contributed by atoms with Gasteiger partial charge in [0.2, 0.25) is 0 Å². The molecule has 0 saturated heterocycles. The normalized spacial score (nSPS) is 12.6. The zero-order valence-corrected chi connectivity index (χ0v) is 9.70. The molecule has 1 aromatic heterocycles. The standard InChI is InChI=1S/C13H14F2N2O/c14-12-2-1-3-13(15)11(12)7-10(17-16)6-9-4-5-18-8-9/h1-5,8,10,17H,6-7,16H2. The Bertz CT molecular complexity index is 479. The zero-order valence-electron chi connectivity index (χ0n) is 9.70. The molecule has 18 heavy (non-hydrogen) atoms. The molecule has 3 nitrogen and oxygen atoms in total. The van der Waals surface area contributed by atoms with Gasteiger partial charge in [-0.1, -0.05) is 6.07 Å².